The molecule has 2 amide bonds. The first-order chi connectivity index (χ1) is 11.5. The molecule has 0 aromatic heterocycles. The SMILES string of the molecule is C[C@H](N)C(=O)N[C@@H](Cc1ccccc1)C(=O)N(C)c1ccccc1.Cl. The Bertz CT molecular complexity index is 678. The van der Waals surface area contributed by atoms with E-state index in [1.807, 2.05) is 60.7 Å². The number of nitrogens with two attached hydrogens (primary N) is 1. The molecule has 0 aliphatic carbocycles. The molecule has 0 aliphatic heterocycles. The predicted molar refractivity (Wildman–Crippen MR) is 103 cm³/mol. The van der Waals surface area contributed by atoms with E-state index >= 15 is 0 Å². The highest BCUT2D eigenvalue weighted by molar-refractivity contribution is 5.99. The maximum Gasteiger partial charge on any atom is 0.249 e. The number of benzene rings is 2. The molecule has 0 saturated carbocycles. The van der Waals surface area contributed by atoms with Crippen molar-refractivity contribution in [2.24, 2.45) is 5.73 Å². The molecule has 0 saturated heterocycles. The Kier molecular flexibility index (Phi) is 8.11. The number of carbonyl (C=O) groups excluding carboxylic acids is 2. The number of hydrogen-bond acceptors (Lipinski definition) is 3. The molecule has 0 aliphatic rings. The Morgan fingerprint density at radius 3 is 2.08 bits per heavy atom. The van der Waals surface area contributed by atoms with E-state index in [-0.39, 0.29) is 24.2 Å². The van der Waals surface area contributed by atoms with Crippen LogP contribution in [0.25, 0.3) is 0 Å². The fourth-order valence-corrected chi connectivity index (χ4v) is 2.37. The molecule has 2 aromatic carbocycles. The van der Waals surface area contributed by atoms with Crippen LogP contribution in [-0.4, -0.2) is 30.9 Å². The van der Waals surface area contributed by atoms with E-state index in [4.69, 9.17) is 5.73 Å². The second-order valence-electron chi connectivity index (χ2n) is 5.77. The predicted octanol–water partition coefficient (Wildman–Crippen LogP) is 2.15. The number of nitrogens with zero attached hydrogens (tertiary/aromatic N) is 1. The number of anilines is 1. The summed E-state index contributed by atoms with van der Waals surface area (Å²) in [6, 6.07) is 17.6. The highest BCUT2D eigenvalue weighted by Crippen LogP contribution is 2.14. The van der Waals surface area contributed by atoms with Gasteiger partial charge in [-0.25, -0.2) is 0 Å². The van der Waals surface area contributed by atoms with Gasteiger partial charge in [-0.1, -0.05) is 48.5 Å². The van der Waals surface area contributed by atoms with Gasteiger partial charge in [0.2, 0.25) is 11.8 Å². The molecule has 0 spiro atoms. The molecular weight excluding hydrogens is 338 g/mol. The summed E-state index contributed by atoms with van der Waals surface area (Å²) in [5.74, 6) is -0.523. The number of rotatable bonds is 6. The first-order valence-corrected chi connectivity index (χ1v) is 7.91. The minimum absolute atomic E-state index is 0. The molecule has 134 valence electrons. The minimum Gasteiger partial charge on any atom is -0.343 e. The van der Waals surface area contributed by atoms with Gasteiger partial charge in [-0.05, 0) is 24.6 Å². The Hall–Kier alpha value is -2.37. The van der Waals surface area contributed by atoms with Gasteiger partial charge in [0.15, 0.2) is 0 Å². The van der Waals surface area contributed by atoms with Crippen LogP contribution < -0.4 is 16.0 Å². The van der Waals surface area contributed by atoms with Crippen LogP contribution in [0.3, 0.4) is 0 Å². The summed E-state index contributed by atoms with van der Waals surface area (Å²) in [6.45, 7) is 1.60. The molecule has 5 nitrogen and oxygen atoms in total. The highest BCUT2D eigenvalue weighted by atomic mass is 35.5. The number of likely N-dealkylation sites (N-methyl/N-ethyl adjacent to an activating group) is 1. The first kappa shape index (κ1) is 20.7. The highest BCUT2D eigenvalue weighted by Gasteiger charge is 2.26. The number of carbonyl (C=O) groups is 2. The molecule has 0 unspecified atom stereocenters. The lowest BCUT2D eigenvalue weighted by atomic mass is 10.0. The van der Waals surface area contributed by atoms with Gasteiger partial charge in [0.1, 0.15) is 6.04 Å². The van der Waals surface area contributed by atoms with Gasteiger partial charge in [0.05, 0.1) is 6.04 Å². The maximum atomic E-state index is 12.9. The molecule has 6 heteroatoms. The third-order valence-corrected chi connectivity index (χ3v) is 3.78. The van der Waals surface area contributed by atoms with Gasteiger partial charge in [0.25, 0.3) is 0 Å². The monoisotopic (exact) mass is 361 g/mol. The normalized spacial score (nSPS) is 12.4. The summed E-state index contributed by atoms with van der Waals surface area (Å²) in [5, 5.41) is 2.76. The molecule has 0 fully saturated rings. The van der Waals surface area contributed by atoms with Crippen LogP contribution in [0.4, 0.5) is 5.69 Å². The van der Waals surface area contributed by atoms with Crippen molar-refractivity contribution in [1.82, 2.24) is 5.32 Å². The van der Waals surface area contributed by atoms with E-state index < -0.39 is 12.1 Å². The van der Waals surface area contributed by atoms with Gasteiger partial charge >= 0.3 is 0 Å². The van der Waals surface area contributed by atoms with Crippen LogP contribution in [0.1, 0.15) is 12.5 Å². The fourth-order valence-electron chi connectivity index (χ4n) is 2.37. The van der Waals surface area contributed by atoms with Gasteiger partial charge in [0, 0.05) is 19.2 Å². The van der Waals surface area contributed by atoms with E-state index in [0.29, 0.717) is 6.42 Å². The summed E-state index contributed by atoms with van der Waals surface area (Å²) >= 11 is 0. The Balaban J connectivity index is 0.00000312. The van der Waals surface area contributed by atoms with Crippen molar-refractivity contribution in [3.8, 4) is 0 Å². The van der Waals surface area contributed by atoms with Gasteiger partial charge in [-0.2, -0.15) is 0 Å². The Morgan fingerprint density at radius 2 is 1.56 bits per heavy atom. The number of para-hydroxylation sites is 1. The first-order valence-electron chi connectivity index (χ1n) is 7.91. The molecule has 0 radical (unpaired) electrons. The Labute approximate surface area is 154 Å². The zero-order valence-corrected chi connectivity index (χ0v) is 15.2. The standard InChI is InChI=1S/C19H23N3O2.ClH/c1-14(20)18(23)21-17(13-15-9-5-3-6-10-15)19(24)22(2)16-11-7-4-8-12-16;/h3-12,14,17H,13,20H2,1-2H3,(H,21,23);1H/t14-,17-;/m0./s1. The quantitative estimate of drug-likeness (QED) is 0.827. The van der Waals surface area contributed by atoms with Crippen LogP contribution >= 0.6 is 12.4 Å². The largest absolute Gasteiger partial charge is 0.343 e. The smallest absolute Gasteiger partial charge is 0.249 e. The van der Waals surface area contributed by atoms with Gasteiger partial charge < -0.3 is 16.0 Å². The molecule has 3 N–H and O–H groups in total. The molecule has 2 aromatic rings. The molecule has 25 heavy (non-hydrogen) atoms. The summed E-state index contributed by atoms with van der Waals surface area (Å²) in [4.78, 5) is 26.4. The molecule has 0 heterocycles. The summed E-state index contributed by atoms with van der Waals surface area (Å²) in [7, 11) is 1.70. The van der Waals surface area contributed by atoms with E-state index in [9.17, 15) is 9.59 Å². The minimum atomic E-state index is -0.670. The van der Waals surface area contributed by atoms with Crippen molar-refractivity contribution < 1.29 is 9.59 Å². The van der Waals surface area contributed by atoms with E-state index in [0.717, 1.165) is 11.3 Å². The maximum absolute atomic E-state index is 12.9. The summed E-state index contributed by atoms with van der Waals surface area (Å²) in [5.41, 5.74) is 7.38. The average Bonchev–Trinajstić information content (AvgIpc) is 2.61. The molecule has 2 rings (SSSR count). The zero-order valence-electron chi connectivity index (χ0n) is 14.4. The van der Waals surface area contributed by atoms with Crippen molar-refractivity contribution in [2.45, 2.75) is 25.4 Å². The molecular formula is C19H24ClN3O2. The summed E-state index contributed by atoms with van der Waals surface area (Å²) < 4.78 is 0. The number of hydrogen-bond donors (Lipinski definition) is 2. The van der Waals surface area contributed by atoms with Crippen LogP contribution in [0.5, 0.6) is 0 Å². The number of nitrogens with one attached hydrogen (secondary N) is 1. The third-order valence-electron chi connectivity index (χ3n) is 3.78. The number of halogens is 1. The fraction of sp³-hybridized carbons (Fsp3) is 0.263. The molecule has 0 bridgehead atoms. The topological polar surface area (TPSA) is 75.4 Å². The van der Waals surface area contributed by atoms with E-state index in [1.165, 1.54) is 0 Å². The van der Waals surface area contributed by atoms with Crippen LogP contribution in [0.2, 0.25) is 0 Å². The van der Waals surface area contributed by atoms with Crippen molar-refractivity contribution >= 4 is 29.9 Å². The van der Waals surface area contributed by atoms with Crippen molar-refractivity contribution in [3.05, 3.63) is 66.2 Å². The second-order valence-corrected chi connectivity index (χ2v) is 5.77. The lowest BCUT2D eigenvalue weighted by molar-refractivity contribution is -0.128. The average molecular weight is 362 g/mol. The van der Waals surface area contributed by atoms with Crippen LogP contribution in [0.15, 0.2) is 60.7 Å². The lowest BCUT2D eigenvalue weighted by Crippen LogP contribution is -2.52. The third kappa shape index (κ3) is 5.89. The van der Waals surface area contributed by atoms with Gasteiger partial charge in [-0.3, -0.25) is 9.59 Å². The van der Waals surface area contributed by atoms with Crippen molar-refractivity contribution in [2.75, 3.05) is 11.9 Å². The zero-order chi connectivity index (χ0) is 17.5. The number of amides is 2. The lowest BCUT2D eigenvalue weighted by Gasteiger charge is -2.25. The van der Waals surface area contributed by atoms with E-state index in [2.05, 4.69) is 5.32 Å². The van der Waals surface area contributed by atoms with Gasteiger partial charge in [-0.15, -0.1) is 12.4 Å². The van der Waals surface area contributed by atoms with Crippen LogP contribution in [-0.2, 0) is 16.0 Å². The van der Waals surface area contributed by atoms with E-state index in [1.54, 1.807) is 18.9 Å². The summed E-state index contributed by atoms with van der Waals surface area (Å²) in [6.07, 6.45) is 0.412. The second kappa shape index (κ2) is 9.81. The van der Waals surface area contributed by atoms with Crippen molar-refractivity contribution in [1.29, 1.82) is 0 Å². The molecule has 2 atom stereocenters. The van der Waals surface area contributed by atoms with Crippen LogP contribution in [0, 0.1) is 0 Å². The van der Waals surface area contributed by atoms with Crippen molar-refractivity contribution in [3.63, 3.8) is 0 Å². The Morgan fingerprint density at radius 1 is 1.04 bits per heavy atom.